The summed E-state index contributed by atoms with van der Waals surface area (Å²) >= 11 is 0. The van der Waals surface area contributed by atoms with E-state index in [2.05, 4.69) is 14.9 Å². The fourth-order valence-electron chi connectivity index (χ4n) is 2.98. The molecule has 0 atom stereocenters. The number of anilines is 1. The molecule has 1 saturated heterocycles. The summed E-state index contributed by atoms with van der Waals surface area (Å²) in [6.07, 6.45) is 4.18. The Labute approximate surface area is 139 Å². The first kappa shape index (κ1) is 14.7. The molecule has 0 spiro atoms. The van der Waals surface area contributed by atoms with Gasteiger partial charge >= 0.3 is 0 Å². The van der Waals surface area contributed by atoms with Crippen LogP contribution in [0.5, 0.6) is 0 Å². The highest BCUT2D eigenvalue weighted by molar-refractivity contribution is 5.94. The normalized spacial score (nSPS) is 15.5. The van der Waals surface area contributed by atoms with Gasteiger partial charge in [-0.15, -0.1) is 0 Å². The van der Waals surface area contributed by atoms with Crippen LogP contribution in [0.15, 0.2) is 53.2 Å². The van der Waals surface area contributed by atoms with E-state index in [4.69, 9.17) is 4.42 Å². The second kappa shape index (κ2) is 6.31. The zero-order chi connectivity index (χ0) is 16.4. The van der Waals surface area contributed by atoms with Crippen molar-refractivity contribution in [2.45, 2.75) is 6.42 Å². The van der Waals surface area contributed by atoms with Crippen molar-refractivity contribution in [3.63, 3.8) is 0 Å². The molecule has 0 unspecified atom stereocenters. The van der Waals surface area contributed by atoms with Gasteiger partial charge in [-0.25, -0.2) is 0 Å². The summed E-state index contributed by atoms with van der Waals surface area (Å²) in [5.41, 5.74) is 2.34. The smallest absolute Gasteiger partial charge is 0.298 e. The molecule has 0 radical (unpaired) electrons. The van der Waals surface area contributed by atoms with E-state index in [0.29, 0.717) is 24.7 Å². The maximum atomic E-state index is 12.6. The highest BCUT2D eigenvalue weighted by Crippen LogP contribution is 2.22. The molecule has 1 aromatic carbocycles. The van der Waals surface area contributed by atoms with Gasteiger partial charge in [0.1, 0.15) is 5.52 Å². The van der Waals surface area contributed by atoms with E-state index in [0.717, 1.165) is 30.6 Å². The topological polar surface area (TPSA) is 62.5 Å². The molecule has 4 rings (SSSR count). The maximum absolute atomic E-state index is 12.6. The zero-order valence-corrected chi connectivity index (χ0v) is 13.3. The van der Waals surface area contributed by atoms with Gasteiger partial charge in [-0.2, -0.15) is 4.98 Å². The van der Waals surface area contributed by atoms with Crippen LogP contribution >= 0.6 is 0 Å². The van der Waals surface area contributed by atoms with Gasteiger partial charge in [-0.1, -0.05) is 12.1 Å². The van der Waals surface area contributed by atoms with E-state index < -0.39 is 0 Å². The van der Waals surface area contributed by atoms with E-state index in [1.54, 1.807) is 24.5 Å². The van der Waals surface area contributed by atoms with E-state index in [-0.39, 0.29) is 5.91 Å². The maximum Gasteiger partial charge on any atom is 0.298 e. The lowest BCUT2D eigenvalue weighted by Gasteiger charge is -2.21. The molecule has 1 fully saturated rings. The van der Waals surface area contributed by atoms with Crippen LogP contribution in [0.4, 0.5) is 6.01 Å². The van der Waals surface area contributed by atoms with Crippen LogP contribution < -0.4 is 4.90 Å². The average Bonchev–Trinajstić information content (AvgIpc) is 2.91. The van der Waals surface area contributed by atoms with E-state index >= 15 is 0 Å². The zero-order valence-electron chi connectivity index (χ0n) is 13.3. The summed E-state index contributed by atoms with van der Waals surface area (Å²) in [7, 11) is 0. The van der Waals surface area contributed by atoms with Crippen LogP contribution in [0.1, 0.15) is 16.8 Å². The fourth-order valence-corrected chi connectivity index (χ4v) is 2.98. The number of nitrogens with zero attached hydrogens (tertiary/aromatic N) is 4. The number of amides is 1. The first-order chi connectivity index (χ1) is 11.8. The number of carbonyl (C=O) groups is 1. The summed E-state index contributed by atoms with van der Waals surface area (Å²) in [6, 6.07) is 11.9. The van der Waals surface area contributed by atoms with Crippen molar-refractivity contribution in [2.75, 3.05) is 31.1 Å². The number of hydrogen-bond acceptors (Lipinski definition) is 5. The molecule has 3 heterocycles. The number of hydrogen-bond donors (Lipinski definition) is 0. The molecule has 2 aromatic heterocycles. The molecule has 6 heteroatoms. The summed E-state index contributed by atoms with van der Waals surface area (Å²) in [5, 5.41) is 0. The molecule has 122 valence electrons. The van der Waals surface area contributed by atoms with Crippen LogP contribution in [0.3, 0.4) is 0 Å². The molecular weight excluding hydrogens is 304 g/mol. The number of benzene rings is 1. The molecule has 1 amide bonds. The summed E-state index contributed by atoms with van der Waals surface area (Å²) in [5.74, 6) is 0.0526. The third-order valence-corrected chi connectivity index (χ3v) is 4.26. The largest absolute Gasteiger partial charge is 0.423 e. The van der Waals surface area contributed by atoms with Crippen molar-refractivity contribution >= 4 is 23.0 Å². The Morgan fingerprint density at radius 1 is 1.00 bits per heavy atom. The van der Waals surface area contributed by atoms with Gasteiger partial charge in [0, 0.05) is 44.1 Å². The summed E-state index contributed by atoms with van der Waals surface area (Å²) < 4.78 is 5.85. The van der Waals surface area contributed by atoms with Crippen LogP contribution in [0.25, 0.3) is 11.1 Å². The van der Waals surface area contributed by atoms with Crippen LogP contribution in [0.2, 0.25) is 0 Å². The Kier molecular flexibility index (Phi) is 3.86. The molecule has 6 nitrogen and oxygen atoms in total. The minimum atomic E-state index is 0.0526. The van der Waals surface area contributed by atoms with Crippen molar-refractivity contribution < 1.29 is 9.21 Å². The number of carbonyl (C=O) groups excluding carboxylic acids is 1. The van der Waals surface area contributed by atoms with Gasteiger partial charge in [-0.3, -0.25) is 9.78 Å². The molecule has 1 aliphatic heterocycles. The standard InChI is InChI=1S/C18H18N4O2/c23-17(14-6-8-19-9-7-14)21-10-3-11-22(13-12-21)18-20-15-4-1-2-5-16(15)24-18/h1-2,4-9H,3,10-13H2. The average molecular weight is 322 g/mol. The Morgan fingerprint density at radius 3 is 2.67 bits per heavy atom. The fraction of sp³-hybridized carbons (Fsp3) is 0.278. The van der Waals surface area contributed by atoms with Gasteiger partial charge in [0.2, 0.25) is 0 Å². The first-order valence-corrected chi connectivity index (χ1v) is 8.11. The monoisotopic (exact) mass is 322 g/mol. The molecule has 1 aliphatic rings. The number of rotatable bonds is 2. The van der Waals surface area contributed by atoms with Crippen molar-refractivity contribution in [1.82, 2.24) is 14.9 Å². The minimum Gasteiger partial charge on any atom is -0.423 e. The Hall–Kier alpha value is -2.89. The number of aromatic nitrogens is 2. The lowest BCUT2D eigenvalue weighted by molar-refractivity contribution is 0.0767. The van der Waals surface area contributed by atoms with E-state index in [1.807, 2.05) is 29.2 Å². The molecule has 24 heavy (non-hydrogen) atoms. The second-order valence-electron chi connectivity index (χ2n) is 5.83. The molecule has 0 aliphatic carbocycles. The van der Waals surface area contributed by atoms with Gasteiger partial charge in [-0.05, 0) is 30.7 Å². The van der Waals surface area contributed by atoms with Crippen molar-refractivity contribution in [3.05, 3.63) is 54.4 Å². The minimum absolute atomic E-state index is 0.0526. The molecular formula is C18H18N4O2. The number of para-hydroxylation sites is 2. The first-order valence-electron chi connectivity index (χ1n) is 8.11. The third-order valence-electron chi connectivity index (χ3n) is 4.26. The Balaban J connectivity index is 1.49. The quantitative estimate of drug-likeness (QED) is 0.725. The highest BCUT2D eigenvalue weighted by atomic mass is 16.4. The Morgan fingerprint density at radius 2 is 1.83 bits per heavy atom. The third kappa shape index (κ3) is 2.82. The predicted octanol–water partition coefficient (Wildman–Crippen LogP) is 2.58. The highest BCUT2D eigenvalue weighted by Gasteiger charge is 2.22. The number of fused-ring (bicyclic) bond motifs is 1. The van der Waals surface area contributed by atoms with E-state index in [1.165, 1.54) is 0 Å². The molecule has 0 saturated carbocycles. The molecule has 0 bridgehead atoms. The molecule has 3 aromatic rings. The molecule has 0 N–H and O–H groups in total. The lowest BCUT2D eigenvalue weighted by atomic mass is 10.2. The second-order valence-corrected chi connectivity index (χ2v) is 5.83. The predicted molar refractivity (Wildman–Crippen MR) is 91.0 cm³/mol. The van der Waals surface area contributed by atoms with Gasteiger partial charge in [0.25, 0.3) is 11.9 Å². The SMILES string of the molecule is O=C(c1ccncc1)N1CCCN(c2nc3ccccc3o2)CC1. The summed E-state index contributed by atoms with van der Waals surface area (Å²) in [4.78, 5) is 25.1. The number of oxazole rings is 1. The summed E-state index contributed by atoms with van der Waals surface area (Å²) in [6.45, 7) is 2.92. The van der Waals surface area contributed by atoms with Crippen molar-refractivity contribution in [2.24, 2.45) is 0 Å². The van der Waals surface area contributed by atoms with Crippen LogP contribution in [0, 0.1) is 0 Å². The van der Waals surface area contributed by atoms with Gasteiger partial charge in [0.15, 0.2) is 5.58 Å². The van der Waals surface area contributed by atoms with E-state index in [9.17, 15) is 4.79 Å². The van der Waals surface area contributed by atoms with Crippen molar-refractivity contribution in [3.8, 4) is 0 Å². The van der Waals surface area contributed by atoms with Crippen LogP contribution in [-0.4, -0.2) is 47.0 Å². The Bertz CT molecular complexity index is 813. The van der Waals surface area contributed by atoms with Gasteiger partial charge < -0.3 is 14.2 Å². The van der Waals surface area contributed by atoms with Crippen molar-refractivity contribution in [1.29, 1.82) is 0 Å². The lowest BCUT2D eigenvalue weighted by Crippen LogP contribution is -2.35. The van der Waals surface area contributed by atoms with Gasteiger partial charge in [0.05, 0.1) is 0 Å². The van der Waals surface area contributed by atoms with Crippen LogP contribution in [-0.2, 0) is 0 Å². The number of pyridine rings is 1.